The van der Waals surface area contributed by atoms with E-state index in [1.807, 2.05) is 30.3 Å². The maximum atomic E-state index is 5.33. The third kappa shape index (κ3) is 2.68. The third-order valence-corrected chi connectivity index (χ3v) is 3.09. The Morgan fingerprint density at radius 1 is 1.33 bits per heavy atom. The summed E-state index contributed by atoms with van der Waals surface area (Å²) in [5.41, 5.74) is 1.08. The lowest BCUT2D eigenvalue weighted by Gasteiger charge is -2.19. The molecule has 0 fully saturated rings. The molecule has 1 aromatic carbocycles. The topological polar surface area (TPSA) is 36.9 Å². The van der Waals surface area contributed by atoms with Crippen molar-refractivity contribution in [1.29, 1.82) is 0 Å². The SMILES string of the molecule is CC(CN(C)C)n1c(-c2ccccc2)n[nH]c1=S. The number of aromatic amines is 1. The van der Waals surface area contributed by atoms with Crippen molar-refractivity contribution in [2.24, 2.45) is 0 Å². The molecule has 0 saturated heterocycles. The number of benzene rings is 1. The van der Waals surface area contributed by atoms with Gasteiger partial charge in [0, 0.05) is 18.2 Å². The van der Waals surface area contributed by atoms with Gasteiger partial charge in [-0.25, -0.2) is 0 Å². The number of hydrogen-bond donors (Lipinski definition) is 1. The van der Waals surface area contributed by atoms with Crippen molar-refractivity contribution < 1.29 is 0 Å². The molecule has 0 aliphatic rings. The van der Waals surface area contributed by atoms with Crippen molar-refractivity contribution >= 4 is 12.2 Å². The van der Waals surface area contributed by atoms with Gasteiger partial charge in [0.2, 0.25) is 0 Å². The third-order valence-electron chi connectivity index (χ3n) is 2.81. The molecule has 1 atom stereocenters. The van der Waals surface area contributed by atoms with Crippen molar-refractivity contribution in [1.82, 2.24) is 19.7 Å². The van der Waals surface area contributed by atoms with Crippen LogP contribution in [0.25, 0.3) is 11.4 Å². The Bertz CT molecular complexity index is 556. The van der Waals surface area contributed by atoms with Crippen LogP contribution in [0.1, 0.15) is 13.0 Å². The summed E-state index contributed by atoms with van der Waals surface area (Å²) in [6.07, 6.45) is 0. The average Bonchev–Trinajstić information content (AvgIpc) is 2.71. The van der Waals surface area contributed by atoms with Gasteiger partial charge in [0.15, 0.2) is 10.6 Å². The molecule has 5 heteroatoms. The molecule has 0 bridgehead atoms. The predicted octanol–water partition coefficient (Wildman–Crippen LogP) is 2.73. The maximum Gasteiger partial charge on any atom is 0.195 e. The lowest BCUT2D eigenvalue weighted by molar-refractivity contribution is 0.336. The van der Waals surface area contributed by atoms with Gasteiger partial charge >= 0.3 is 0 Å². The van der Waals surface area contributed by atoms with Crippen LogP contribution < -0.4 is 0 Å². The molecule has 0 aliphatic heterocycles. The Morgan fingerprint density at radius 3 is 2.61 bits per heavy atom. The van der Waals surface area contributed by atoms with Crippen LogP contribution in [0.5, 0.6) is 0 Å². The molecule has 1 unspecified atom stereocenters. The molecule has 0 aliphatic carbocycles. The standard InChI is InChI=1S/C13H18N4S/c1-10(9-16(2)3)17-12(14-15-13(17)18)11-7-5-4-6-8-11/h4-8,10H,9H2,1-3H3,(H,15,18). The van der Waals surface area contributed by atoms with E-state index in [4.69, 9.17) is 12.2 Å². The number of nitrogens with zero attached hydrogens (tertiary/aromatic N) is 3. The first-order valence-corrected chi connectivity index (χ1v) is 6.37. The van der Waals surface area contributed by atoms with E-state index >= 15 is 0 Å². The largest absolute Gasteiger partial charge is 0.307 e. The van der Waals surface area contributed by atoms with Gasteiger partial charge in [-0.15, -0.1) is 0 Å². The second-order valence-electron chi connectivity index (χ2n) is 4.70. The van der Waals surface area contributed by atoms with E-state index in [2.05, 4.69) is 40.7 Å². The normalized spacial score (nSPS) is 12.9. The fourth-order valence-electron chi connectivity index (χ4n) is 2.11. The molecule has 4 nitrogen and oxygen atoms in total. The van der Waals surface area contributed by atoms with Gasteiger partial charge in [0.05, 0.1) is 0 Å². The van der Waals surface area contributed by atoms with Crippen LogP contribution in [0.2, 0.25) is 0 Å². The number of aromatic nitrogens is 3. The second kappa shape index (κ2) is 5.46. The summed E-state index contributed by atoms with van der Waals surface area (Å²) in [5.74, 6) is 0.898. The highest BCUT2D eigenvalue weighted by molar-refractivity contribution is 7.71. The summed E-state index contributed by atoms with van der Waals surface area (Å²) in [5, 5.41) is 7.23. The molecular weight excluding hydrogens is 244 g/mol. The van der Waals surface area contributed by atoms with E-state index in [9.17, 15) is 0 Å². The minimum Gasteiger partial charge on any atom is -0.307 e. The molecule has 2 aromatic rings. The van der Waals surface area contributed by atoms with Crippen molar-refractivity contribution in [3.63, 3.8) is 0 Å². The maximum absolute atomic E-state index is 5.33. The molecule has 0 saturated carbocycles. The highest BCUT2D eigenvalue weighted by Gasteiger charge is 2.14. The van der Waals surface area contributed by atoms with E-state index in [0.29, 0.717) is 4.77 Å². The molecule has 18 heavy (non-hydrogen) atoms. The number of nitrogens with one attached hydrogen (secondary N) is 1. The first kappa shape index (κ1) is 13.0. The van der Waals surface area contributed by atoms with Gasteiger partial charge in [0.1, 0.15) is 0 Å². The Kier molecular flexibility index (Phi) is 3.93. The molecule has 1 aromatic heterocycles. The van der Waals surface area contributed by atoms with E-state index in [1.165, 1.54) is 0 Å². The number of H-pyrrole nitrogens is 1. The van der Waals surface area contributed by atoms with Crippen molar-refractivity contribution in [3.8, 4) is 11.4 Å². The molecule has 1 heterocycles. The molecule has 0 amide bonds. The summed E-state index contributed by atoms with van der Waals surface area (Å²) in [6.45, 7) is 3.07. The minimum absolute atomic E-state index is 0.279. The summed E-state index contributed by atoms with van der Waals surface area (Å²) in [7, 11) is 4.12. The van der Waals surface area contributed by atoms with E-state index in [1.54, 1.807) is 0 Å². The van der Waals surface area contributed by atoms with Gasteiger partial charge in [-0.1, -0.05) is 30.3 Å². The Hall–Kier alpha value is -1.46. The van der Waals surface area contributed by atoms with Crippen molar-refractivity contribution in [2.45, 2.75) is 13.0 Å². The lowest BCUT2D eigenvalue weighted by Crippen LogP contribution is -2.23. The summed E-state index contributed by atoms with van der Waals surface area (Å²) in [4.78, 5) is 2.15. The molecule has 1 N–H and O–H groups in total. The second-order valence-corrected chi connectivity index (χ2v) is 5.09. The number of rotatable bonds is 4. The van der Waals surface area contributed by atoms with E-state index < -0.39 is 0 Å². The van der Waals surface area contributed by atoms with Crippen molar-refractivity contribution in [3.05, 3.63) is 35.1 Å². The first-order valence-electron chi connectivity index (χ1n) is 5.96. The van der Waals surface area contributed by atoms with Crippen LogP contribution in [0, 0.1) is 4.77 Å². The van der Waals surface area contributed by atoms with Gasteiger partial charge in [-0.2, -0.15) is 5.10 Å². The van der Waals surface area contributed by atoms with Crippen LogP contribution in [0.3, 0.4) is 0 Å². The smallest absolute Gasteiger partial charge is 0.195 e. The average molecular weight is 262 g/mol. The van der Waals surface area contributed by atoms with Crippen LogP contribution in [-0.4, -0.2) is 40.3 Å². The summed E-state index contributed by atoms with van der Waals surface area (Å²) in [6, 6.07) is 10.4. The number of likely N-dealkylation sites (N-methyl/N-ethyl adjacent to an activating group) is 1. The van der Waals surface area contributed by atoms with E-state index in [0.717, 1.165) is 17.9 Å². The zero-order chi connectivity index (χ0) is 13.1. The van der Waals surface area contributed by atoms with Gasteiger partial charge in [-0.3, -0.25) is 9.67 Å². The molecule has 0 radical (unpaired) electrons. The lowest BCUT2D eigenvalue weighted by atomic mass is 10.2. The Balaban J connectivity index is 2.42. The van der Waals surface area contributed by atoms with Crippen molar-refractivity contribution in [2.75, 3.05) is 20.6 Å². The van der Waals surface area contributed by atoms with Crippen LogP contribution in [0.15, 0.2) is 30.3 Å². The fraction of sp³-hybridized carbons (Fsp3) is 0.385. The predicted molar refractivity (Wildman–Crippen MR) is 76.1 cm³/mol. The van der Waals surface area contributed by atoms with E-state index in [-0.39, 0.29) is 6.04 Å². The summed E-state index contributed by atoms with van der Waals surface area (Å²) < 4.78 is 2.74. The van der Waals surface area contributed by atoms with Crippen LogP contribution in [0.4, 0.5) is 0 Å². The highest BCUT2D eigenvalue weighted by atomic mass is 32.1. The number of hydrogen-bond acceptors (Lipinski definition) is 3. The minimum atomic E-state index is 0.279. The highest BCUT2D eigenvalue weighted by Crippen LogP contribution is 2.20. The Morgan fingerprint density at radius 2 is 2.00 bits per heavy atom. The quantitative estimate of drug-likeness (QED) is 0.861. The van der Waals surface area contributed by atoms with Gasteiger partial charge < -0.3 is 4.90 Å². The monoisotopic (exact) mass is 262 g/mol. The molecule has 2 rings (SSSR count). The van der Waals surface area contributed by atoms with Crippen LogP contribution in [-0.2, 0) is 0 Å². The molecule has 96 valence electrons. The van der Waals surface area contributed by atoms with Gasteiger partial charge in [0.25, 0.3) is 0 Å². The first-order chi connectivity index (χ1) is 8.59. The molecule has 0 spiro atoms. The fourth-order valence-corrected chi connectivity index (χ4v) is 2.43. The van der Waals surface area contributed by atoms with Gasteiger partial charge in [-0.05, 0) is 33.2 Å². The Labute approximate surface area is 112 Å². The zero-order valence-corrected chi connectivity index (χ0v) is 11.7. The zero-order valence-electron chi connectivity index (χ0n) is 10.9. The molecular formula is C13H18N4S. The summed E-state index contributed by atoms with van der Waals surface area (Å²) >= 11 is 5.33. The van der Waals surface area contributed by atoms with Crippen LogP contribution >= 0.6 is 12.2 Å².